The van der Waals surface area contributed by atoms with Gasteiger partial charge in [-0.3, -0.25) is 10.3 Å². The molecule has 0 unspecified atom stereocenters. The van der Waals surface area contributed by atoms with E-state index in [4.69, 9.17) is 9.15 Å². The van der Waals surface area contributed by atoms with Crippen LogP contribution in [0.4, 0.5) is 10.8 Å². The number of anilines is 1. The SMILES string of the molecule is Cc1nc(NC(=O)N2CC[C@@H](Oc3cccnc3)C2)oc1C. The number of carbonyl (C=O) groups excluding carboxylic acids is 1. The molecule has 116 valence electrons. The van der Waals surface area contributed by atoms with E-state index in [1.54, 1.807) is 17.3 Å². The van der Waals surface area contributed by atoms with Crippen LogP contribution in [-0.2, 0) is 0 Å². The lowest BCUT2D eigenvalue weighted by molar-refractivity contribution is 0.194. The maximum atomic E-state index is 12.2. The number of oxazole rings is 1. The molecule has 22 heavy (non-hydrogen) atoms. The van der Waals surface area contributed by atoms with Crippen molar-refractivity contribution in [2.45, 2.75) is 26.4 Å². The molecule has 1 atom stereocenters. The lowest BCUT2D eigenvalue weighted by atomic mass is 10.3. The number of pyridine rings is 1. The summed E-state index contributed by atoms with van der Waals surface area (Å²) in [5.74, 6) is 1.42. The molecule has 2 aromatic heterocycles. The zero-order valence-corrected chi connectivity index (χ0v) is 12.6. The summed E-state index contributed by atoms with van der Waals surface area (Å²) in [6.45, 7) is 4.81. The number of hydrogen-bond donors (Lipinski definition) is 1. The van der Waals surface area contributed by atoms with Crippen LogP contribution in [0.5, 0.6) is 5.75 Å². The minimum atomic E-state index is -0.224. The zero-order chi connectivity index (χ0) is 15.5. The van der Waals surface area contributed by atoms with Gasteiger partial charge in [0.1, 0.15) is 17.6 Å². The molecule has 0 aromatic carbocycles. The molecule has 2 amide bonds. The van der Waals surface area contributed by atoms with Crippen LogP contribution in [0, 0.1) is 13.8 Å². The Morgan fingerprint density at radius 2 is 2.36 bits per heavy atom. The minimum Gasteiger partial charge on any atom is -0.487 e. The summed E-state index contributed by atoms with van der Waals surface area (Å²) < 4.78 is 11.2. The summed E-state index contributed by atoms with van der Waals surface area (Å²) in [4.78, 5) is 22.0. The maximum absolute atomic E-state index is 12.2. The smallest absolute Gasteiger partial charge is 0.325 e. The Balaban J connectivity index is 1.54. The first-order valence-corrected chi connectivity index (χ1v) is 7.18. The molecular formula is C15H18N4O3. The van der Waals surface area contributed by atoms with Crippen LogP contribution >= 0.6 is 0 Å². The molecule has 1 aliphatic rings. The van der Waals surface area contributed by atoms with Gasteiger partial charge in [-0.15, -0.1) is 0 Å². The second-order valence-electron chi connectivity index (χ2n) is 5.25. The van der Waals surface area contributed by atoms with Crippen molar-refractivity contribution in [3.63, 3.8) is 0 Å². The van der Waals surface area contributed by atoms with Crippen molar-refractivity contribution in [1.82, 2.24) is 14.9 Å². The average Bonchev–Trinajstić information content (AvgIpc) is 3.08. The van der Waals surface area contributed by atoms with E-state index in [2.05, 4.69) is 15.3 Å². The van der Waals surface area contributed by atoms with Crippen LogP contribution in [0.25, 0.3) is 0 Å². The van der Waals surface area contributed by atoms with Crippen molar-refractivity contribution < 1.29 is 13.9 Å². The zero-order valence-electron chi connectivity index (χ0n) is 12.6. The molecule has 2 aromatic rings. The second kappa shape index (κ2) is 6.05. The summed E-state index contributed by atoms with van der Waals surface area (Å²) in [6.07, 6.45) is 4.12. The van der Waals surface area contributed by atoms with E-state index in [1.807, 2.05) is 26.0 Å². The van der Waals surface area contributed by atoms with Gasteiger partial charge in [0.25, 0.3) is 0 Å². The number of ether oxygens (including phenoxy) is 1. The molecule has 7 heteroatoms. The van der Waals surface area contributed by atoms with Gasteiger partial charge in [-0.2, -0.15) is 4.98 Å². The third-order valence-electron chi connectivity index (χ3n) is 3.61. The number of hydrogen-bond acceptors (Lipinski definition) is 5. The standard InChI is InChI=1S/C15H18N4O3/c1-10-11(2)21-14(17-10)18-15(20)19-7-5-13(9-19)22-12-4-3-6-16-8-12/h3-4,6,8,13H,5,7,9H2,1-2H3,(H,17,18,20)/t13-/m1/s1. The Kier molecular flexibility index (Phi) is 3.95. The Morgan fingerprint density at radius 3 is 3.05 bits per heavy atom. The van der Waals surface area contributed by atoms with Crippen LogP contribution in [0.3, 0.4) is 0 Å². The normalized spacial score (nSPS) is 17.5. The van der Waals surface area contributed by atoms with Crippen molar-refractivity contribution in [2.75, 3.05) is 18.4 Å². The van der Waals surface area contributed by atoms with Crippen LogP contribution in [0.2, 0.25) is 0 Å². The highest BCUT2D eigenvalue weighted by Gasteiger charge is 2.28. The van der Waals surface area contributed by atoms with Crippen molar-refractivity contribution in [3.05, 3.63) is 36.0 Å². The molecule has 0 saturated carbocycles. The van der Waals surface area contributed by atoms with Gasteiger partial charge in [0.05, 0.1) is 18.4 Å². The average molecular weight is 302 g/mol. The van der Waals surface area contributed by atoms with Crippen molar-refractivity contribution >= 4 is 12.0 Å². The van der Waals surface area contributed by atoms with Crippen molar-refractivity contribution in [1.29, 1.82) is 0 Å². The maximum Gasteiger partial charge on any atom is 0.325 e. The Labute approximate surface area is 128 Å². The number of likely N-dealkylation sites (tertiary alicyclic amines) is 1. The number of aromatic nitrogens is 2. The lowest BCUT2D eigenvalue weighted by Crippen LogP contribution is -2.34. The second-order valence-corrected chi connectivity index (χ2v) is 5.25. The summed E-state index contributed by atoms with van der Waals surface area (Å²) >= 11 is 0. The van der Waals surface area contributed by atoms with Gasteiger partial charge in [-0.1, -0.05) is 0 Å². The highest BCUT2D eigenvalue weighted by atomic mass is 16.5. The number of nitrogens with one attached hydrogen (secondary N) is 1. The van der Waals surface area contributed by atoms with E-state index >= 15 is 0 Å². The number of rotatable bonds is 3. The fraction of sp³-hybridized carbons (Fsp3) is 0.400. The first-order chi connectivity index (χ1) is 10.6. The van der Waals surface area contributed by atoms with Gasteiger partial charge in [0.2, 0.25) is 0 Å². The molecule has 1 saturated heterocycles. The van der Waals surface area contributed by atoms with E-state index in [0.29, 0.717) is 24.6 Å². The number of carbonyl (C=O) groups is 1. The Morgan fingerprint density at radius 1 is 1.50 bits per heavy atom. The molecule has 1 aliphatic heterocycles. The van der Waals surface area contributed by atoms with Crippen molar-refractivity contribution in [2.24, 2.45) is 0 Å². The lowest BCUT2D eigenvalue weighted by Gasteiger charge is -2.16. The minimum absolute atomic E-state index is 0.0250. The predicted molar refractivity (Wildman–Crippen MR) is 79.8 cm³/mol. The third kappa shape index (κ3) is 3.19. The molecular weight excluding hydrogens is 284 g/mol. The summed E-state index contributed by atoms with van der Waals surface area (Å²) in [6, 6.07) is 3.69. The summed E-state index contributed by atoms with van der Waals surface area (Å²) in [5, 5.41) is 2.67. The molecule has 3 heterocycles. The first kappa shape index (κ1) is 14.4. The van der Waals surface area contributed by atoms with E-state index in [0.717, 1.165) is 12.1 Å². The highest BCUT2D eigenvalue weighted by molar-refractivity contribution is 5.87. The molecule has 3 rings (SSSR count). The molecule has 0 bridgehead atoms. The number of aryl methyl sites for hydroxylation is 2. The quantitative estimate of drug-likeness (QED) is 0.941. The number of urea groups is 1. The molecule has 7 nitrogen and oxygen atoms in total. The fourth-order valence-corrected chi connectivity index (χ4v) is 2.31. The van der Waals surface area contributed by atoms with Crippen LogP contribution in [0.1, 0.15) is 17.9 Å². The topological polar surface area (TPSA) is 80.5 Å². The Hall–Kier alpha value is -2.57. The largest absolute Gasteiger partial charge is 0.487 e. The fourth-order valence-electron chi connectivity index (χ4n) is 2.31. The molecule has 0 radical (unpaired) electrons. The van der Waals surface area contributed by atoms with Gasteiger partial charge in [0.15, 0.2) is 0 Å². The monoisotopic (exact) mass is 302 g/mol. The van der Waals surface area contributed by atoms with E-state index in [1.165, 1.54) is 0 Å². The van der Waals surface area contributed by atoms with E-state index < -0.39 is 0 Å². The summed E-state index contributed by atoms with van der Waals surface area (Å²) in [5.41, 5.74) is 0.773. The first-order valence-electron chi connectivity index (χ1n) is 7.18. The van der Waals surface area contributed by atoms with Gasteiger partial charge in [0, 0.05) is 19.2 Å². The van der Waals surface area contributed by atoms with E-state index in [9.17, 15) is 4.79 Å². The van der Waals surface area contributed by atoms with Gasteiger partial charge in [-0.25, -0.2) is 4.79 Å². The van der Waals surface area contributed by atoms with Crippen molar-refractivity contribution in [3.8, 4) is 5.75 Å². The van der Waals surface area contributed by atoms with Crippen LogP contribution in [0.15, 0.2) is 28.9 Å². The molecule has 1 fully saturated rings. The van der Waals surface area contributed by atoms with Crippen LogP contribution in [-0.4, -0.2) is 40.1 Å². The molecule has 0 spiro atoms. The Bertz CT molecular complexity index is 637. The molecule has 1 N–H and O–H groups in total. The van der Waals surface area contributed by atoms with Gasteiger partial charge >= 0.3 is 12.0 Å². The number of amides is 2. The summed E-state index contributed by atoms with van der Waals surface area (Å²) in [7, 11) is 0. The molecule has 0 aliphatic carbocycles. The third-order valence-corrected chi connectivity index (χ3v) is 3.61. The van der Waals surface area contributed by atoms with E-state index in [-0.39, 0.29) is 18.1 Å². The highest BCUT2D eigenvalue weighted by Crippen LogP contribution is 2.19. The van der Waals surface area contributed by atoms with Gasteiger partial charge < -0.3 is 14.1 Å². The van der Waals surface area contributed by atoms with Crippen LogP contribution < -0.4 is 10.1 Å². The number of nitrogens with zero attached hydrogens (tertiary/aromatic N) is 3. The van der Waals surface area contributed by atoms with Gasteiger partial charge in [-0.05, 0) is 26.0 Å². The predicted octanol–water partition coefficient (Wildman–Crippen LogP) is 2.37.